The molecule has 3 aromatic rings. The van der Waals surface area contributed by atoms with Crippen molar-refractivity contribution in [1.82, 2.24) is 14.5 Å². The number of hydrogen-bond donors (Lipinski definition) is 4. The zero-order valence-electron chi connectivity index (χ0n) is 15.4. The van der Waals surface area contributed by atoms with Crippen molar-refractivity contribution in [2.75, 3.05) is 6.61 Å². The average molecular weight is 422 g/mol. The number of aromatic nitrogens is 3. The zero-order valence-corrected chi connectivity index (χ0v) is 16.1. The van der Waals surface area contributed by atoms with Crippen molar-refractivity contribution in [3.63, 3.8) is 0 Å². The van der Waals surface area contributed by atoms with Gasteiger partial charge < -0.3 is 34.5 Å². The molecule has 1 saturated heterocycles. The second-order valence-corrected chi connectivity index (χ2v) is 7.29. The second kappa shape index (κ2) is 7.86. The third-order valence-corrected chi connectivity index (χ3v) is 5.20. The van der Waals surface area contributed by atoms with Gasteiger partial charge in [-0.05, 0) is 23.8 Å². The van der Waals surface area contributed by atoms with Gasteiger partial charge in [-0.25, -0.2) is 9.97 Å². The maximum absolute atomic E-state index is 10.1. The molecule has 1 fully saturated rings. The summed E-state index contributed by atoms with van der Waals surface area (Å²) in [5.74, 6) is 0.214. The summed E-state index contributed by atoms with van der Waals surface area (Å²) in [5, 5.41) is 39.4. The summed E-state index contributed by atoms with van der Waals surface area (Å²) in [6.07, 6.45) is -3.46. The van der Waals surface area contributed by atoms with E-state index in [0.29, 0.717) is 0 Å². The Morgan fingerprint density at radius 1 is 1.10 bits per heavy atom. The molecular weight excluding hydrogens is 402 g/mol. The van der Waals surface area contributed by atoms with E-state index in [1.807, 2.05) is 17.7 Å². The molecule has 5 atom stereocenters. The Hall–Kier alpha value is -2.27. The monoisotopic (exact) mass is 421 g/mol. The lowest BCUT2D eigenvalue weighted by molar-refractivity contribution is -0.277. The minimum absolute atomic E-state index is 0.214. The maximum Gasteiger partial charge on any atom is 0.229 e. The van der Waals surface area contributed by atoms with E-state index in [-0.39, 0.29) is 10.8 Å². The van der Waals surface area contributed by atoms with Gasteiger partial charge in [0.2, 0.25) is 6.29 Å². The van der Waals surface area contributed by atoms with Gasteiger partial charge in [0.25, 0.3) is 0 Å². The lowest BCUT2D eigenvalue weighted by Crippen LogP contribution is -2.60. The molecule has 1 aromatic carbocycles. The van der Waals surface area contributed by atoms with E-state index in [1.54, 1.807) is 30.7 Å². The van der Waals surface area contributed by atoms with Crippen molar-refractivity contribution in [3.05, 3.63) is 41.8 Å². The van der Waals surface area contributed by atoms with Crippen molar-refractivity contribution in [3.8, 4) is 16.9 Å². The van der Waals surface area contributed by atoms with Crippen LogP contribution in [0.25, 0.3) is 22.3 Å². The first-order valence-electron chi connectivity index (χ1n) is 8.93. The Morgan fingerprint density at radius 3 is 2.62 bits per heavy atom. The smallest absolute Gasteiger partial charge is 0.229 e. The molecule has 154 valence electrons. The van der Waals surface area contributed by atoms with Crippen LogP contribution in [0.4, 0.5) is 0 Å². The molecule has 4 rings (SSSR count). The van der Waals surface area contributed by atoms with Crippen molar-refractivity contribution in [2.45, 2.75) is 30.7 Å². The predicted octanol–water partition coefficient (Wildman–Crippen LogP) is 0.467. The van der Waals surface area contributed by atoms with Gasteiger partial charge in [-0.2, -0.15) is 0 Å². The number of rotatable bonds is 4. The number of aliphatic hydroxyl groups excluding tert-OH is 4. The highest BCUT2D eigenvalue weighted by Gasteiger charge is 2.44. The number of halogens is 1. The van der Waals surface area contributed by atoms with Crippen molar-refractivity contribution in [2.24, 2.45) is 7.05 Å². The molecule has 0 amide bonds. The molecule has 0 bridgehead atoms. The standard InChI is InChI=1S/C19H20ClN3O6/c1-23-8-22-12-5-10(6-21-18(12)23)9-2-3-13(11(20)4-9)28-19-17(27)16(26)15(25)14(7-24)29-19/h2-6,8,14-17,19,24-27H,7H2,1H3/t14-,15-,16+,17+,19+/m1/s1. The van der Waals surface area contributed by atoms with Crippen LogP contribution in [0.1, 0.15) is 0 Å². The van der Waals surface area contributed by atoms with Crippen LogP contribution in [0.5, 0.6) is 5.75 Å². The van der Waals surface area contributed by atoms with Gasteiger partial charge in [0.15, 0.2) is 5.65 Å². The summed E-state index contributed by atoms with van der Waals surface area (Å²) in [7, 11) is 1.87. The zero-order chi connectivity index (χ0) is 20.7. The Labute approximate surface area is 170 Å². The molecule has 3 heterocycles. The number of benzene rings is 1. The largest absolute Gasteiger partial charge is 0.460 e. The van der Waals surface area contributed by atoms with E-state index in [9.17, 15) is 20.4 Å². The lowest BCUT2D eigenvalue weighted by atomic mass is 9.99. The van der Waals surface area contributed by atoms with Crippen LogP contribution in [0.3, 0.4) is 0 Å². The van der Waals surface area contributed by atoms with Gasteiger partial charge in [-0.3, -0.25) is 0 Å². The summed E-state index contributed by atoms with van der Waals surface area (Å²) in [4.78, 5) is 8.70. The third kappa shape index (κ3) is 3.68. The number of fused-ring (bicyclic) bond motifs is 1. The molecule has 0 unspecified atom stereocenters. The Bertz CT molecular complexity index is 1030. The van der Waals surface area contributed by atoms with Crippen LogP contribution in [-0.2, 0) is 11.8 Å². The normalized spacial score (nSPS) is 27.3. The molecular formula is C19H20ClN3O6. The fourth-order valence-electron chi connectivity index (χ4n) is 3.24. The van der Waals surface area contributed by atoms with E-state index < -0.39 is 37.3 Å². The van der Waals surface area contributed by atoms with Crippen molar-refractivity contribution < 1.29 is 29.9 Å². The molecule has 1 aliphatic rings. The van der Waals surface area contributed by atoms with E-state index in [2.05, 4.69) is 9.97 Å². The molecule has 0 radical (unpaired) electrons. The van der Waals surface area contributed by atoms with E-state index in [1.165, 1.54) is 0 Å². The molecule has 0 aliphatic carbocycles. The number of imidazole rings is 1. The number of aliphatic hydroxyl groups is 4. The topological polar surface area (TPSA) is 130 Å². The van der Waals surface area contributed by atoms with Crippen LogP contribution < -0.4 is 4.74 Å². The highest BCUT2D eigenvalue weighted by Crippen LogP contribution is 2.33. The molecule has 9 nitrogen and oxygen atoms in total. The number of ether oxygens (including phenoxy) is 2. The summed E-state index contributed by atoms with van der Waals surface area (Å²) in [6.45, 7) is -0.541. The van der Waals surface area contributed by atoms with Crippen LogP contribution >= 0.6 is 11.6 Å². The summed E-state index contributed by atoms with van der Waals surface area (Å²) in [5.41, 5.74) is 3.12. The molecule has 29 heavy (non-hydrogen) atoms. The van der Waals surface area contributed by atoms with Crippen molar-refractivity contribution in [1.29, 1.82) is 0 Å². The maximum atomic E-state index is 10.1. The molecule has 4 N–H and O–H groups in total. The molecule has 1 aliphatic heterocycles. The minimum Gasteiger partial charge on any atom is -0.460 e. The van der Waals surface area contributed by atoms with Gasteiger partial charge in [-0.15, -0.1) is 0 Å². The SMILES string of the molecule is Cn1cnc2cc(-c3ccc(O[C@H]4O[C@H](CO)[C@@H](O)[C@H](O)[C@@H]4O)c(Cl)c3)cnc21. The van der Waals surface area contributed by atoms with Gasteiger partial charge in [0, 0.05) is 18.8 Å². The van der Waals surface area contributed by atoms with Crippen LogP contribution in [0, 0.1) is 0 Å². The van der Waals surface area contributed by atoms with Gasteiger partial charge >= 0.3 is 0 Å². The molecule has 0 saturated carbocycles. The van der Waals surface area contributed by atoms with Crippen LogP contribution in [0.2, 0.25) is 5.02 Å². The summed E-state index contributed by atoms with van der Waals surface area (Å²) < 4.78 is 12.8. The fraction of sp³-hybridized carbons (Fsp3) is 0.368. The molecule has 2 aromatic heterocycles. The summed E-state index contributed by atoms with van der Waals surface area (Å²) >= 11 is 6.34. The van der Waals surface area contributed by atoms with Crippen LogP contribution in [-0.4, -0.2) is 72.3 Å². The van der Waals surface area contributed by atoms with E-state index in [4.69, 9.17) is 21.1 Å². The first-order valence-corrected chi connectivity index (χ1v) is 9.31. The Kier molecular flexibility index (Phi) is 5.43. The lowest BCUT2D eigenvalue weighted by Gasteiger charge is -2.39. The highest BCUT2D eigenvalue weighted by atomic mass is 35.5. The fourth-order valence-corrected chi connectivity index (χ4v) is 3.46. The van der Waals surface area contributed by atoms with E-state index in [0.717, 1.165) is 22.3 Å². The number of aryl methyl sites for hydroxylation is 1. The quantitative estimate of drug-likeness (QED) is 0.478. The predicted molar refractivity (Wildman–Crippen MR) is 103 cm³/mol. The van der Waals surface area contributed by atoms with Gasteiger partial charge in [0.05, 0.1) is 18.0 Å². The Morgan fingerprint density at radius 2 is 1.90 bits per heavy atom. The molecule has 0 spiro atoms. The van der Waals surface area contributed by atoms with Gasteiger partial charge in [-0.1, -0.05) is 17.7 Å². The average Bonchev–Trinajstić information content (AvgIpc) is 3.10. The highest BCUT2D eigenvalue weighted by molar-refractivity contribution is 6.32. The van der Waals surface area contributed by atoms with Crippen molar-refractivity contribution >= 4 is 22.8 Å². The van der Waals surface area contributed by atoms with Crippen LogP contribution in [0.15, 0.2) is 36.8 Å². The van der Waals surface area contributed by atoms with Gasteiger partial charge in [0.1, 0.15) is 35.7 Å². The minimum atomic E-state index is -1.53. The number of hydrogen-bond acceptors (Lipinski definition) is 8. The number of pyridine rings is 1. The summed E-state index contributed by atoms with van der Waals surface area (Å²) in [6, 6.07) is 6.93. The second-order valence-electron chi connectivity index (χ2n) is 6.88. The first-order chi connectivity index (χ1) is 13.9. The third-order valence-electron chi connectivity index (χ3n) is 4.91. The van der Waals surface area contributed by atoms with E-state index >= 15 is 0 Å². The first kappa shape index (κ1) is 20.0. The number of nitrogens with zero attached hydrogens (tertiary/aromatic N) is 3. The molecule has 10 heteroatoms. The Balaban J connectivity index is 1.56.